The number of alkyl halides is 3. The maximum atomic E-state index is 12.8. The molecule has 0 amide bonds. The fourth-order valence-electron chi connectivity index (χ4n) is 1.33. The van der Waals surface area contributed by atoms with Gasteiger partial charge in [-0.05, 0) is 25.8 Å². The van der Waals surface area contributed by atoms with Crippen LogP contribution in [0.15, 0.2) is 12.1 Å². The number of nitrogens with zero attached hydrogens (tertiary/aromatic N) is 1. The maximum Gasteiger partial charge on any atom is 0.416 e. The van der Waals surface area contributed by atoms with E-state index in [1.54, 1.807) is 13.8 Å². The van der Waals surface area contributed by atoms with Crippen LogP contribution >= 0.6 is 0 Å². The molecule has 1 N–H and O–H groups in total. The van der Waals surface area contributed by atoms with Crippen molar-refractivity contribution in [3.05, 3.63) is 17.7 Å². The van der Waals surface area contributed by atoms with Gasteiger partial charge in [-0.3, -0.25) is 0 Å². The first-order valence-electron chi connectivity index (χ1n) is 6.23. The van der Waals surface area contributed by atoms with E-state index in [0.29, 0.717) is 6.54 Å². The molecule has 6 heteroatoms. The Morgan fingerprint density at radius 3 is 2.37 bits per heavy atom. The number of rotatable bonds is 5. The Labute approximate surface area is 111 Å². The summed E-state index contributed by atoms with van der Waals surface area (Å²) in [5.74, 6) is 0.356. The van der Waals surface area contributed by atoms with E-state index in [0.717, 1.165) is 12.1 Å². The quantitative estimate of drug-likeness (QED) is 0.884. The first-order chi connectivity index (χ1) is 8.74. The van der Waals surface area contributed by atoms with Crippen molar-refractivity contribution in [2.24, 2.45) is 5.92 Å². The maximum absolute atomic E-state index is 12.8. The van der Waals surface area contributed by atoms with Crippen LogP contribution in [0.5, 0.6) is 5.88 Å². The summed E-state index contributed by atoms with van der Waals surface area (Å²) in [5, 5.41) is 2.77. The topological polar surface area (TPSA) is 34.1 Å². The van der Waals surface area contributed by atoms with Crippen molar-refractivity contribution in [1.82, 2.24) is 4.98 Å². The van der Waals surface area contributed by atoms with Crippen LogP contribution in [0.3, 0.4) is 0 Å². The van der Waals surface area contributed by atoms with Crippen molar-refractivity contribution >= 4 is 5.82 Å². The first-order valence-corrected chi connectivity index (χ1v) is 6.23. The van der Waals surface area contributed by atoms with E-state index >= 15 is 0 Å². The van der Waals surface area contributed by atoms with Gasteiger partial charge < -0.3 is 10.1 Å². The zero-order valence-corrected chi connectivity index (χ0v) is 11.5. The van der Waals surface area contributed by atoms with Crippen molar-refractivity contribution < 1.29 is 17.9 Å². The summed E-state index contributed by atoms with van der Waals surface area (Å²) in [6.45, 7) is 7.96. The third-order valence-corrected chi connectivity index (χ3v) is 2.73. The minimum absolute atomic E-state index is 0.00743. The number of halogens is 3. The fraction of sp³-hybridized carbons (Fsp3) is 0.615. The van der Waals surface area contributed by atoms with Crippen LogP contribution in [0.1, 0.15) is 33.3 Å². The Hall–Kier alpha value is -1.46. The Morgan fingerprint density at radius 1 is 1.26 bits per heavy atom. The largest absolute Gasteiger partial charge is 0.474 e. The molecule has 0 aromatic carbocycles. The number of ether oxygens (including phenoxy) is 1. The minimum Gasteiger partial charge on any atom is -0.474 e. The van der Waals surface area contributed by atoms with E-state index in [4.69, 9.17) is 4.74 Å². The van der Waals surface area contributed by atoms with Crippen molar-refractivity contribution in [1.29, 1.82) is 0 Å². The van der Waals surface area contributed by atoms with Gasteiger partial charge in [0.2, 0.25) is 5.88 Å². The Bertz CT molecular complexity index is 419. The molecule has 0 aliphatic rings. The lowest BCUT2D eigenvalue weighted by molar-refractivity contribution is -0.137. The third kappa shape index (κ3) is 4.61. The predicted molar refractivity (Wildman–Crippen MR) is 68.3 cm³/mol. The predicted octanol–water partition coefficient (Wildman–Crippen LogP) is 3.96. The Kier molecular flexibility index (Phi) is 5.03. The van der Waals surface area contributed by atoms with Crippen molar-refractivity contribution in [2.75, 3.05) is 11.9 Å². The summed E-state index contributed by atoms with van der Waals surface area (Å²) >= 11 is 0. The standard InChI is InChI=1S/C13H19F3N2O/c1-5-17-11-6-10(13(14,15)16)7-12(18-11)19-9(4)8(2)3/h6-9H,5H2,1-4H3,(H,17,18). The second-order valence-corrected chi connectivity index (χ2v) is 4.67. The summed E-state index contributed by atoms with van der Waals surface area (Å²) in [7, 11) is 0. The van der Waals surface area contributed by atoms with Gasteiger partial charge >= 0.3 is 6.18 Å². The van der Waals surface area contributed by atoms with Gasteiger partial charge in [-0.1, -0.05) is 13.8 Å². The smallest absolute Gasteiger partial charge is 0.416 e. The van der Waals surface area contributed by atoms with Gasteiger partial charge in [0.05, 0.1) is 11.7 Å². The fourth-order valence-corrected chi connectivity index (χ4v) is 1.33. The lowest BCUT2D eigenvalue weighted by Gasteiger charge is -2.19. The molecule has 0 bridgehead atoms. The minimum atomic E-state index is -4.41. The second-order valence-electron chi connectivity index (χ2n) is 4.67. The molecular formula is C13H19F3N2O. The normalized spacial score (nSPS) is 13.5. The number of hydrogen-bond donors (Lipinski definition) is 1. The first kappa shape index (κ1) is 15.6. The van der Waals surface area contributed by atoms with Crippen LogP contribution in [0.4, 0.5) is 19.0 Å². The molecule has 108 valence electrons. The number of anilines is 1. The van der Waals surface area contributed by atoms with Crippen molar-refractivity contribution in [3.63, 3.8) is 0 Å². The van der Waals surface area contributed by atoms with Gasteiger partial charge in [-0.15, -0.1) is 0 Å². The molecule has 1 atom stereocenters. The molecule has 0 aliphatic carbocycles. The van der Waals surface area contributed by atoms with Gasteiger partial charge in [0.15, 0.2) is 0 Å². The molecule has 1 heterocycles. The molecule has 1 unspecified atom stereocenters. The van der Waals surface area contributed by atoms with E-state index in [9.17, 15) is 13.2 Å². The average Bonchev–Trinajstić information content (AvgIpc) is 2.27. The zero-order chi connectivity index (χ0) is 14.6. The molecule has 1 aromatic rings. The molecule has 0 aliphatic heterocycles. The molecule has 19 heavy (non-hydrogen) atoms. The van der Waals surface area contributed by atoms with E-state index in [1.165, 1.54) is 0 Å². The van der Waals surface area contributed by atoms with Gasteiger partial charge in [0.1, 0.15) is 5.82 Å². The molecule has 0 radical (unpaired) electrons. The lowest BCUT2D eigenvalue weighted by atomic mass is 10.1. The molecule has 1 rings (SSSR count). The number of nitrogens with one attached hydrogen (secondary N) is 1. The summed E-state index contributed by atoms with van der Waals surface area (Å²) < 4.78 is 43.8. The van der Waals surface area contributed by atoms with Crippen LogP contribution in [0, 0.1) is 5.92 Å². The third-order valence-electron chi connectivity index (χ3n) is 2.73. The SMILES string of the molecule is CCNc1cc(C(F)(F)F)cc(OC(C)C(C)C)n1. The molecule has 3 nitrogen and oxygen atoms in total. The van der Waals surface area contributed by atoms with Crippen LogP contribution < -0.4 is 10.1 Å². The van der Waals surface area contributed by atoms with Gasteiger partial charge in [0, 0.05) is 12.6 Å². The summed E-state index contributed by atoms with van der Waals surface area (Å²) in [6, 6.07) is 1.91. The molecule has 0 saturated heterocycles. The summed E-state index contributed by atoms with van der Waals surface area (Å²) in [5.41, 5.74) is -0.760. The van der Waals surface area contributed by atoms with Crippen molar-refractivity contribution in [3.8, 4) is 5.88 Å². The average molecular weight is 276 g/mol. The summed E-state index contributed by atoms with van der Waals surface area (Å²) in [6.07, 6.45) is -4.61. The highest BCUT2D eigenvalue weighted by Gasteiger charge is 2.32. The van der Waals surface area contributed by atoms with E-state index in [2.05, 4.69) is 10.3 Å². The highest BCUT2D eigenvalue weighted by Crippen LogP contribution is 2.33. The van der Waals surface area contributed by atoms with Gasteiger partial charge in [-0.2, -0.15) is 18.2 Å². The van der Waals surface area contributed by atoms with Gasteiger partial charge in [-0.25, -0.2) is 0 Å². The number of pyridine rings is 1. The molecule has 1 aromatic heterocycles. The van der Waals surface area contributed by atoms with Crippen LogP contribution in [0.2, 0.25) is 0 Å². The Balaban J connectivity index is 3.06. The summed E-state index contributed by atoms with van der Waals surface area (Å²) in [4.78, 5) is 4.03. The van der Waals surface area contributed by atoms with Crippen LogP contribution in [-0.4, -0.2) is 17.6 Å². The van der Waals surface area contributed by atoms with Crippen LogP contribution in [0.25, 0.3) is 0 Å². The lowest BCUT2D eigenvalue weighted by Crippen LogP contribution is -2.20. The Morgan fingerprint density at radius 2 is 1.89 bits per heavy atom. The molecule has 0 spiro atoms. The van der Waals surface area contributed by atoms with Crippen LogP contribution in [-0.2, 0) is 6.18 Å². The molecular weight excluding hydrogens is 257 g/mol. The second kappa shape index (κ2) is 6.12. The highest BCUT2D eigenvalue weighted by molar-refractivity contribution is 5.42. The van der Waals surface area contributed by atoms with Crippen molar-refractivity contribution in [2.45, 2.75) is 40.0 Å². The highest BCUT2D eigenvalue weighted by atomic mass is 19.4. The van der Waals surface area contributed by atoms with E-state index in [1.807, 2.05) is 13.8 Å². The molecule has 0 saturated carbocycles. The van der Waals surface area contributed by atoms with Gasteiger partial charge in [0.25, 0.3) is 0 Å². The van der Waals surface area contributed by atoms with E-state index < -0.39 is 11.7 Å². The number of aromatic nitrogens is 1. The number of hydrogen-bond acceptors (Lipinski definition) is 3. The van der Waals surface area contributed by atoms with E-state index in [-0.39, 0.29) is 23.7 Å². The zero-order valence-electron chi connectivity index (χ0n) is 11.5. The monoisotopic (exact) mass is 276 g/mol. The molecule has 0 fully saturated rings.